The normalized spacial score (nSPS) is 32.6. The van der Waals surface area contributed by atoms with Crippen LogP contribution in [-0.4, -0.2) is 59.7 Å². The molecule has 0 aromatic heterocycles. The SMILES string of the molecule is CC1C(F)N(c2ccccc2B2OC(C)(C)C(C)(C)O2)CC(C)([N+](=O)[O-])N1C. The van der Waals surface area contributed by atoms with Crippen LogP contribution in [0.4, 0.5) is 10.1 Å². The summed E-state index contributed by atoms with van der Waals surface area (Å²) < 4.78 is 27.6. The summed E-state index contributed by atoms with van der Waals surface area (Å²) in [5.41, 5.74) is -1.26. The number of alkyl halides is 1. The van der Waals surface area contributed by atoms with Gasteiger partial charge in [0.2, 0.25) is 0 Å². The van der Waals surface area contributed by atoms with Crippen molar-refractivity contribution in [2.24, 2.45) is 0 Å². The standard InChI is InChI=1S/C19H29BFN3O4/c1-13-16(21)23(12-19(6,22(13)7)24(25)26)15-11-9-8-10-14(15)20-27-17(2,3)18(4,5)28-20/h8-11,13,16H,12H2,1-7H3. The number of benzene rings is 1. The lowest BCUT2D eigenvalue weighted by atomic mass is 9.77. The van der Waals surface area contributed by atoms with Crippen LogP contribution in [0.3, 0.4) is 0 Å². The molecular weight excluding hydrogens is 364 g/mol. The summed E-state index contributed by atoms with van der Waals surface area (Å²) in [7, 11) is 0.919. The molecule has 2 aliphatic rings. The second-order valence-electron chi connectivity index (χ2n) is 8.97. The molecule has 0 aliphatic carbocycles. The number of rotatable bonds is 3. The molecule has 1 aromatic rings. The molecule has 2 fully saturated rings. The van der Waals surface area contributed by atoms with Gasteiger partial charge in [-0.15, -0.1) is 0 Å². The molecule has 28 heavy (non-hydrogen) atoms. The molecule has 0 N–H and O–H groups in total. The van der Waals surface area contributed by atoms with E-state index < -0.39 is 36.3 Å². The Kier molecular flexibility index (Phi) is 5.01. The molecule has 3 unspecified atom stereocenters. The first-order valence-corrected chi connectivity index (χ1v) is 9.54. The Morgan fingerprint density at radius 2 is 1.71 bits per heavy atom. The Bertz CT molecular complexity index is 761. The van der Waals surface area contributed by atoms with Crippen LogP contribution in [0, 0.1) is 10.1 Å². The highest BCUT2D eigenvalue weighted by Crippen LogP contribution is 2.38. The number of hydrogen-bond acceptors (Lipinski definition) is 6. The molecule has 154 valence electrons. The van der Waals surface area contributed by atoms with E-state index in [0.29, 0.717) is 11.2 Å². The largest absolute Gasteiger partial charge is 0.496 e. The minimum atomic E-state index is -1.41. The van der Waals surface area contributed by atoms with E-state index in [1.165, 1.54) is 16.7 Å². The Hall–Kier alpha value is -1.71. The van der Waals surface area contributed by atoms with Crippen LogP contribution in [0.5, 0.6) is 0 Å². The summed E-state index contributed by atoms with van der Waals surface area (Å²) in [5.74, 6) is 0. The van der Waals surface area contributed by atoms with Crippen LogP contribution in [0.25, 0.3) is 0 Å². The third-order valence-corrected chi connectivity index (χ3v) is 6.68. The highest BCUT2D eigenvalue weighted by atomic mass is 19.1. The fourth-order valence-corrected chi connectivity index (χ4v) is 3.73. The first-order chi connectivity index (χ1) is 12.8. The van der Waals surface area contributed by atoms with Gasteiger partial charge in [-0.25, -0.2) is 9.29 Å². The van der Waals surface area contributed by atoms with E-state index in [1.807, 2.05) is 39.8 Å². The summed E-state index contributed by atoms with van der Waals surface area (Å²) in [6.45, 7) is 10.9. The fraction of sp³-hybridized carbons (Fsp3) is 0.684. The maximum Gasteiger partial charge on any atom is 0.496 e. The molecule has 7 nitrogen and oxygen atoms in total. The number of hydrogen-bond donors (Lipinski definition) is 0. The van der Waals surface area contributed by atoms with E-state index in [1.54, 1.807) is 26.1 Å². The molecule has 2 heterocycles. The summed E-state index contributed by atoms with van der Waals surface area (Å²) in [6, 6.07) is 6.57. The number of nitrogens with zero attached hydrogens (tertiary/aromatic N) is 3. The maximum absolute atomic E-state index is 15.3. The third-order valence-electron chi connectivity index (χ3n) is 6.68. The van der Waals surface area contributed by atoms with E-state index in [9.17, 15) is 10.1 Å². The van der Waals surface area contributed by atoms with Gasteiger partial charge < -0.3 is 14.2 Å². The molecule has 0 bridgehead atoms. The van der Waals surface area contributed by atoms with Crippen LogP contribution in [0.15, 0.2) is 24.3 Å². The molecule has 2 saturated heterocycles. The number of nitro groups is 1. The molecule has 0 radical (unpaired) electrons. The van der Waals surface area contributed by atoms with Crippen molar-refractivity contribution in [1.82, 2.24) is 4.90 Å². The van der Waals surface area contributed by atoms with Gasteiger partial charge in [0.05, 0.1) is 17.2 Å². The van der Waals surface area contributed by atoms with Crippen molar-refractivity contribution in [1.29, 1.82) is 0 Å². The van der Waals surface area contributed by atoms with Gasteiger partial charge in [-0.3, -0.25) is 10.1 Å². The predicted octanol–water partition coefficient (Wildman–Crippen LogP) is 2.41. The number of piperazine rings is 1. The fourth-order valence-electron chi connectivity index (χ4n) is 3.73. The first kappa shape index (κ1) is 21.0. The molecular formula is C19H29BFN3O4. The predicted molar refractivity (Wildman–Crippen MR) is 107 cm³/mol. The molecule has 1 aromatic carbocycles. The van der Waals surface area contributed by atoms with Crippen LogP contribution in [0.1, 0.15) is 41.5 Å². The Morgan fingerprint density at radius 3 is 2.25 bits per heavy atom. The van der Waals surface area contributed by atoms with E-state index >= 15 is 4.39 Å². The Morgan fingerprint density at radius 1 is 1.18 bits per heavy atom. The van der Waals surface area contributed by atoms with Crippen LogP contribution < -0.4 is 10.4 Å². The van der Waals surface area contributed by atoms with E-state index in [4.69, 9.17) is 9.31 Å². The average molecular weight is 393 g/mol. The minimum Gasteiger partial charge on any atom is -0.399 e. The second kappa shape index (κ2) is 6.67. The summed E-state index contributed by atoms with van der Waals surface area (Å²) in [4.78, 5) is 14.4. The van der Waals surface area contributed by atoms with Crippen molar-refractivity contribution in [3.05, 3.63) is 34.4 Å². The smallest absolute Gasteiger partial charge is 0.399 e. The Labute approximate surface area is 166 Å². The molecule has 9 heteroatoms. The van der Waals surface area contributed by atoms with Gasteiger partial charge in [0, 0.05) is 23.0 Å². The third kappa shape index (κ3) is 3.09. The van der Waals surface area contributed by atoms with Crippen LogP contribution in [0.2, 0.25) is 0 Å². The average Bonchev–Trinajstić information content (AvgIpc) is 2.84. The monoisotopic (exact) mass is 393 g/mol. The number of anilines is 1. The van der Waals surface area contributed by atoms with Crippen molar-refractivity contribution in [3.8, 4) is 0 Å². The molecule has 0 saturated carbocycles. The Balaban J connectivity index is 2.02. The summed E-state index contributed by atoms with van der Waals surface area (Å²) >= 11 is 0. The lowest BCUT2D eigenvalue weighted by molar-refractivity contribution is -0.597. The van der Waals surface area contributed by atoms with Gasteiger partial charge in [0.1, 0.15) is 6.54 Å². The molecule has 3 rings (SSSR count). The van der Waals surface area contributed by atoms with Gasteiger partial charge in [0.25, 0.3) is 5.66 Å². The van der Waals surface area contributed by atoms with E-state index in [-0.39, 0.29) is 11.5 Å². The van der Waals surface area contributed by atoms with Crippen molar-refractivity contribution < 1.29 is 18.6 Å². The van der Waals surface area contributed by atoms with Gasteiger partial charge >= 0.3 is 7.12 Å². The maximum atomic E-state index is 15.3. The quantitative estimate of drug-likeness (QED) is 0.340. The number of likely N-dealkylation sites (N-methyl/N-ethyl adjacent to an activating group) is 1. The zero-order valence-corrected chi connectivity index (χ0v) is 17.6. The van der Waals surface area contributed by atoms with Crippen molar-refractivity contribution in [3.63, 3.8) is 0 Å². The topological polar surface area (TPSA) is 68.1 Å². The highest BCUT2D eigenvalue weighted by Gasteiger charge is 2.56. The zero-order valence-electron chi connectivity index (χ0n) is 17.6. The molecule has 0 spiro atoms. The van der Waals surface area contributed by atoms with E-state index in [2.05, 4.69) is 0 Å². The van der Waals surface area contributed by atoms with Gasteiger partial charge in [-0.1, -0.05) is 18.2 Å². The summed E-state index contributed by atoms with van der Waals surface area (Å²) in [5, 5.41) is 11.8. The lowest BCUT2D eigenvalue weighted by Gasteiger charge is -2.48. The lowest BCUT2D eigenvalue weighted by Crippen LogP contribution is -2.70. The van der Waals surface area contributed by atoms with Gasteiger partial charge in [-0.2, -0.15) is 0 Å². The van der Waals surface area contributed by atoms with Crippen molar-refractivity contribution in [2.75, 3.05) is 18.5 Å². The molecule has 3 atom stereocenters. The minimum absolute atomic E-state index is 0.0848. The summed E-state index contributed by atoms with van der Waals surface area (Å²) in [6.07, 6.45) is -1.40. The van der Waals surface area contributed by atoms with Gasteiger partial charge in [-0.05, 0) is 47.7 Å². The molecule has 0 amide bonds. The van der Waals surface area contributed by atoms with Crippen LogP contribution in [-0.2, 0) is 9.31 Å². The van der Waals surface area contributed by atoms with Crippen molar-refractivity contribution in [2.45, 2.75) is 70.7 Å². The first-order valence-electron chi connectivity index (χ1n) is 9.54. The van der Waals surface area contributed by atoms with Gasteiger partial charge in [0.15, 0.2) is 6.30 Å². The van der Waals surface area contributed by atoms with E-state index in [0.717, 1.165) is 0 Å². The van der Waals surface area contributed by atoms with Crippen molar-refractivity contribution >= 4 is 18.3 Å². The highest BCUT2D eigenvalue weighted by molar-refractivity contribution is 6.64. The second-order valence-corrected chi connectivity index (χ2v) is 8.97. The zero-order chi connectivity index (χ0) is 21.1. The number of halogens is 1. The van der Waals surface area contributed by atoms with Crippen LogP contribution >= 0.6 is 0 Å². The molecule has 2 aliphatic heterocycles. The number of para-hydroxylation sites is 1.